The van der Waals surface area contributed by atoms with Crippen LogP contribution >= 0.6 is 0 Å². The first-order valence-electron chi connectivity index (χ1n) is 10.9. The van der Waals surface area contributed by atoms with E-state index in [4.69, 9.17) is 0 Å². The summed E-state index contributed by atoms with van der Waals surface area (Å²) in [4.78, 5) is 29.3. The number of likely N-dealkylation sites (tertiary alicyclic amines) is 1. The number of aryl methyl sites for hydroxylation is 1. The quantitative estimate of drug-likeness (QED) is 0.772. The van der Waals surface area contributed by atoms with Crippen LogP contribution in [-0.2, 0) is 22.4 Å². The van der Waals surface area contributed by atoms with E-state index in [0.29, 0.717) is 18.9 Å². The topological polar surface area (TPSA) is 40.6 Å². The smallest absolute Gasteiger partial charge is 0.228 e. The monoisotopic (exact) mass is 390 g/mol. The van der Waals surface area contributed by atoms with Crippen molar-refractivity contribution in [2.75, 3.05) is 24.5 Å². The lowest BCUT2D eigenvalue weighted by molar-refractivity contribution is -0.137. The molecule has 0 N–H and O–H groups in total. The number of rotatable bonds is 5. The van der Waals surface area contributed by atoms with E-state index in [-0.39, 0.29) is 17.7 Å². The van der Waals surface area contributed by atoms with Crippen LogP contribution in [0.25, 0.3) is 0 Å². The largest absolute Gasteiger partial charge is 0.342 e. The molecular weight excluding hydrogens is 360 g/mol. The van der Waals surface area contributed by atoms with Gasteiger partial charge in [-0.05, 0) is 54.9 Å². The van der Waals surface area contributed by atoms with Crippen molar-refractivity contribution in [3.63, 3.8) is 0 Å². The average Bonchev–Trinajstić information content (AvgIpc) is 3.16. The Bertz CT molecular complexity index is 839. The van der Waals surface area contributed by atoms with E-state index in [1.54, 1.807) is 4.90 Å². The van der Waals surface area contributed by atoms with Crippen LogP contribution < -0.4 is 4.90 Å². The molecule has 2 aliphatic rings. The van der Waals surface area contributed by atoms with E-state index in [1.165, 1.54) is 11.1 Å². The van der Waals surface area contributed by atoms with E-state index in [1.807, 2.05) is 17.0 Å². The van der Waals surface area contributed by atoms with Crippen LogP contribution in [-0.4, -0.2) is 36.3 Å². The van der Waals surface area contributed by atoms with Crippen LogP contribution in [0, 0.1) is 11.8 Å². The summed E-state index contributed by atoms with van der Waals surface area (Å²) in [6.45, 7) is 4.25. The van der Waals surface area contributed by atoms with Gasteiger partial charge in [0.05, 0.1) is 5.92 Å². The molecule has 0 spiro atoms. The highest BCUT2D eigenvalue weighted by Gasteiger charge is 2.38. The lowest BCUT2D eigenvalue weighted by Gasteiger charge is -2.33. The van der Waals surface area contributed by atoms with Crippen molar-refractivity contribution < 1.29 is 9.59 Å². The highest BCUT2D eigenvalue weighted by Crippen LogP contribution is 2.29. The van der Waals surface area contributed by atoms with Crippen LogP contribution in [0.1, 0.15) is 37.3 Å². The summed E-state index contributed by atoms with van der Waals surface area (Å²) in [7, 11) is 0. The fourth-order valence-corrected chi connectivity index (χ4v) is 4.60. The highest BCUT2D eigenvalue weighted by molar-refractivity contribution is 6.00. The molecule has 0 bridgehead atoms. The van der Waals surface area contributed by atoms with E-state index in [9.17, 15) is 9.59 Å². The van der Waals surface area contributed by atoms with Crippen LogP contribution in [0.4, 0.5) is 5.69 Å². The molecule has 2 heterocycles. The number of carbonyl (C=O) groups is 2. The van der Waals surface area contributed by atoms with Gasteiger partial charge in [0.1, 0.15) is 0 Å². The molecule has 29 heavy (non-hydrogen) atoms. The van der Waals surface area contributed by atoms with Crippen molar-refractivity contribution in [1.82, 2.24) is 4.90 Å². The van der Waals surface area contributed by atoms with E-state index < -0.39 is 0 Å². The lowest BCUT2D eigenvalue weighted by atomic mass is 9.89. The summed E-state index contributed by atoms with van der Waals surface area (Å²) >= 11 is 0. The molecule has 0 aromatic heterocycles. The third-order valence-corrected chi connectivity index (χ3v) is 6.42. The van der Waals surface area contributed by atoms with Crippen molar-refractivity contribution in [3.05, 3.63) is 65.7 Å². The summed E-state index contributed by atoms with van der Waals surface area (Å²) in [5.41, 5.74) is 3.54. The molecule has 0 unspecified atom stereocenters. The molecule has 2 aromatic rings. The number of carbonyl (C=O) groups excluding carboxylic acids is 2. The van der Waals surface area contributed by atoms with Gasteiger partial charge in [-0.15, -0.1) is 0 Å². The molecule has 2 aromatic carbocycles. The second kappa shape index (κ2) is 8.81. The number of hydrogen-bond donors (Lipinski definition) is 0. The van der Waals surface area contributed by atoms with Gasteiger partial charge in [-0.1, -0.05) is 49.4 Å². The van der Waals surface area contributed by atoms with Crippen LogP contribution in [0.5, 0.6) is 0 Å². The van der Waals surface area contributed by atoms with Crippen molar-refractivity contribution in [3.8, 4) is 0 Å². The Labute approximate surface area is 173 Å². The second-order valence-electron chi connectivity index (χ2n) is 8.38. The molecule has 2 aliphatic heterocycles. The van der Waals surface area contributed by atoms with Gasteiger partial charge in [-0.3, -0.25) is 9.59 Å². The molecule has 4 nitrogen and oxygen atoms in total. The summed E-state index contributed by atoms with van der Waals surface area (Å²) in [5, 5.41) is 0. The number of benzene rings is 2. The Morgan fingerprint density at radius 1 is 0.966 bits per heavy atom. The van der Waals surface area contributed by atoms with Gasteiger partial charge < -0.3 is 9.80 Å². The molecule has 152 valence electrons. The minimum Gasteiger partial charge on any atom is -0.342 e. The Kier molecular flexibility index (Phi) is 5.98. The Hall–Kier alpha value is -2.62. The van der Waals surface area contributed by atoms with Gasteiger partial charge >= 0.3 is 0 Å². The second-order valence-corrected chi connectivity index (χ2v) is 8.38. The van der Waals surface area contributed by atoms with Gasteiger partial charge in [0.2, 0.25) is 11.8 Å². The van der Waals surface area contributed by atoms with Crippen molar-refractivity contribution in [2.24, 2.45) is 11.8 Å². The van der Waals surface area contributed by atoms with E-state index >= 15 is 0 Å². The summed E-state index contributed by atoms with van der Waals surface area (Å²) < 4.78 is 0. The molecule has 2 fully saturated rings. The number of piperidine rings is 1. The maximum Gasteiger partial charge on any atom is 0.228 e. The number of anilines is 1. The minimum atomic E-state index is -0.209. The first-order chi connectivity index (χ1) is 14.1. The third-order valence-electron chi connectivity index (χ3n) is 6.42. The van der Waals surface area contributed by atoms with Crippen LogP contribution in [0.3, 0.4) is 0 Å². The Balaban J connectivity index is 1.31. The summed E-state index contributed by atoms with van der Waals surface area (Å²) in [5.74, 6) is 0.648. The highest BCUT2D eigenvalue weighted by atomic mass is 16.2. The number of nitrogens with zero attached hydrogens (tertiary/aromatic N) is 2. The standard InChI is InChI=1S/C25H30N2O2/c1-2-19-8-10-23(11-9-19)27-18-22(17-24(27)28)25(29)26-14-12-21(13-15-26)16-20-6-4-3-5-7-20/h3-11,21-22H,2,12-18H2,1H3/t22-/m1/s1. The molecule has 0 radical (unpaired) electrons. The molecule has 2 amide bonds. The first kappa shape index (κ1) is 19.7. The Morgan fingerprint density at radius 2 is 1.66 bits per heavy atom. The molecular formula is C25H30N2O2. The zero-order valence-electron chi connectivity index (χ0n) is 17.2. The van der Waals surface area contributed by atoms with Gasteiger partial charge in [0.15, 0.2) is 0 Å². The minimum absolute atomic E-state index is 0.0616. The van der Waals surface area contributed by atoms with E-state index in [0.717, 1.165) is 44.5 Å². The third kappa shape index (κ3) is 4.52. The maximum absolute atomic E-state index is 13.0. The summed E-state index contributed by atoms with van der Waals surface area (Å²) in [6.07, 6.45) is 4.49. The van der Waals surface area contributed by atoms with Gasteiger partial charge in [0, 0.05) is 31.7 Å². The lowest BCUT2D eigenvalue weighted by Crippen LogP contribution is -2.42. The van der Waals surface area contributed by atoms with Crippen molar-refractivity contribution in [1.29, 1.82) is 0 Å². The predicted molar refractivity (Wildman–Crippen MR) is 116 cm³/mol. The van der Waals surface area contributed by atoms with Crippen LogP contribution in [0.2, 0.25) is 0 Å². The zero-order valence-corrected chi connectivity index (χ0v) is 17.2. The SMILES string of the molecule is CCc1ccc(N2C[C@H](C(=O)N3CCC(Cc4ccccc4)CC3)CC2=O)cc1. The molecule has 0 aliphatic carbocycles. The first-order valence-corrected chi connectivity index (χ1v) is 10.9. The van der Waals surface area contributed by atoms with Gasteiger partial charge in [-0.2, -0.15) is 0 Å². The average molecular weight is 391 g/mol. The Morgan fingerprint density at radius 3 is 2.31 bits per heavy atom. The van der Waals surface area contributed by atoms with Crippen molar-refractivity contribution >= 4 is 17.5 Å². The maximum atomic E-state index is 13.0. The van der Waals surface area contributed by atoms with Crippen molar-refractivity contribution in [2.45, 2.75) is 39.0 Å². The predicted octanol–water partition coefficient (Wildman–Crippen LogP) is 4.08. The number of amides is 2. The van der Waals surface area contributed by atoms with E-state index in [2.05, 4.69) is 49.4 Å². The summed E-state index contributed by atoms with van der Waals surface area (Å²) in [6, 6.07) is 18.7. The molecule has 0 saturated carbocycles. The molecule has 1 atom stereocenters. The fourth-order valence-electron chi connectivity index (χ4n) is 4.60. The molecule has 4 heteroatoms. The molecule has 4 rings (SSSR count). The van der Waals surface area contributed by atoms with Gasteiger partial charge in [-0.25, -0.2) is 0 Å². The van der Waals surface area contributed by atoms with Crippen LogP contribution in [0.15, 0.2) is 54.6 Å². The normalized spacial score (nSPS) is 20.3. The molecule has 2 saturated heterocycles. The zero-order chi connectivity index (χ0) is 20.2. The fraction of sp³-hybridized carbons (Fsp3) is 0.440. The number of hydrogen-bond acceptors (Lipinski definition) is 2. The van der Waals surface area contributed by atoms with Gasteiger partial charge in [0.25, 0.3) is 0 Å².